The predicted octanol–water partition coefficient (Wildman–Crippen LogP) is 6.25. The molecule has 7 nitrogen and oxygen atoms in total. The number of carbonyl (C=O) groups excluding carboxylic acids is 1. The Balaban J connectivity index is 1.46. The van der Waals surface area contributed by atoms with Crippen molar-refractivity contribution in [2.45, 2.75) is 13.5 Å². The Labute approximate surface area is 221 Å². The number of hydrogen-bond acceptors (Lipinski definition) is 3. The van der Waals surface area contributed by atoms with E-state index in [4.69, 9.17) is 17.0 Å². The number of H-pyrrole nitrogens is 1. The molecule has 0 bridgehead atoms. The minimum Gasteiger partial charge on any atom is -0.345 e. The van der Waals surface area contributed by atoms with E-state index < -0.39 is 0 Å². The summed E-state index contributed by atoms with van der Waals surface area (Å²) in [4.78, 5) is 19.3. The van der Waals surface area contributed by atoms with E-state index in [1.165, 1.54) is 19.1 Å². The van der Waals surface area contributed by atoms with E-state index >= 15 is 0 Å². The maximum Gasteiger partial charge on any atom is 0.221 e. The summed E-state index contributed by atoms with van der Waals surface area (Å²) < 4.78 is 18.0. The fraction of sp³-hybridized carbons (Fsp3) is 0.0690. The minimum absolute atomic E-state index is 0.181. The van der Waals surface area contributed by atoms with Crippen molar-refractivity contribution in [3.8, 4) is 16.8 Å². The molecular weight excluding hydrogens is 503 g/mol. The van der Waals surface area contributed by atoms with Crippen LogP contribution in [0.2, 0.25) is 5.02 Å². The van der Waals surface area contributed by atoms with Gasteiger partial charge in [-0.2, -0.15) is 0 Å². The third-order valence-electron chi connectivity index (χ3n) is 6.53. The van der Waals surface area contributed by atoms with Crippen LogP contribution in [-0.2, 0) is 11.3 Å². The predicted molar refractivity (Wildman–Crippen MR) is 147 cm³/mol. The van der Waals surface area contributed by atoms with Crippen LogP contribution >= 0.6 is 11.6 Å². The van der Waals surface area contributed by atoms with Gasteiger partial charge in [-0.05, 0) is 59.7 Å². The lowest BCUT2D eigenvalue weighted by Gasteiger charge is -2.12. The summed E-state index contributed by atoms with van der Waals surface area (Å²) >= 11 is 6.24. The fourth-order valence-electron chi connectivity index (χ4n) is 4.84. The summed E-state index contributed by atoms with van der Waals surface area (Å²) in [5.41, 5.74) is 7.18. The van der Waals surface area contributed by atoms with Crippen molar-refractivity contribution in [3.05, 3.63) is 107 Å². The van der Waals surface area contributed by atoms with Crippen LogP contribution in [0.5, 0.6) is 0 Å². The first-order chi connectivity index (χ1) is 18.4. The van der Waals surface area contributed by atoms with Gasteiger partial charge in [-0.15, -0.1) is 0 Å². The lowest BCUT2D eigenvalue weighted by molar-refractivity contribution is -0.114. The van der Waals surface area contributed by atoms with Gasteiger partial charge in [-0.25, -0.2) is 9.37 Å². The lowest BCUT2D eigenvalue weighted by atomic mass is 10.0. The number of anilines is 1. The first kappa shape index (κ1) is 23.7. The van der Waals surface area contributed by atoms with Crippen molar-refractivity contribution in [3.63, 3.8) is 0 Å². The first-order valence-corrected chi connectivity index (χ1v) is 12.3. The summed E-state index contributed by atoms with van der Waals surface area (Å²) in [6.07, 6.45) is 1.65. The minimum atomic E-state index is -0.381. The summed E-state index contributed by atoms with van der Waals surface area (Å²) in [7, 11) is 0. The van der Waals surface area contributed by atoms with E-state index in [9.17, 15) is 9.18 Å². The lowest BCUT2D eigenvalue weighted by Crippen LogP contribution is -2.24. The Hall–Kier alpha value is -4.69. The Bertz CT molecular complexity index is 1900. The van der Waals surface area contributed by atoms with Gasteiger partial charge >= 0.3 is 0 Å². The number of nitrogens with one attached hydrogen (secondary N) is 3. The zero-order valence-electron chi connectivity index (χ0n) is 20.3. The van der Waals surface area contributed by atoms with Crippen LogP contribution in [0.1, 0.15) is 12.5 Å². The Morgan fingerprint density at radius 1 is 1.05 bits per heavy atom. The number of benzene rings is 4. The highest BCUT2D eigenvalue weighted by atomic mass is 35.5. The van der Waals surface area contributed by atoms with Crippen molar-refractivity contribution in [2.24, 2.45) is 0 Å². The van der Waals surface area contributed by atoms with Crippen LogP contribution in [0.3, 0.4) is 0 Å². The quantitative estimate of drug-likeness (QED) is 0.248. The van der Waals surface area contributed by atoms with Gasteiger partial charge in [0.1, 0.15) is 5.82 Å². The zero-order valence-corrected chi connectivity index (χ0v) is 21.1. The monoisotopic (exact) mass is 524 g/mol. The molecule has 6 rings (SSSR count). The Morgan fingerprint density at radius 2 is 1.87 bits per heavy atom. The van der Waals surface area contributed by atoms with Gasteiger partial charge in [0.15, 0.2) is 0 Å². The number of hydrogen-bond donors (Lipinski definition) is 3. The molecule has 6 aromatic rings. The molecule has 0 saturated carbocycles. The van der Waals surface area contributed by atoms with Gasteiger partial charge in [0.2, 0.25) is 11.5 Å². The molecule has 0 fully saturated rings. The number of aromatic amines is 1. The molecule has 2 heterocycles. The molecule has 3 N–H and O–H groups in total. The highest BCUT2D eigenvalue weighted by Gasteiger charge is 2.16. The van der Waals surface area contributed by atoms with Crippen molar-refractivity contribution >= 4 is 45.3 Å². The van der Waals surface area contributed by atoms with Crippen molar-refractivity contribution in [1.82, 2.24) is 19.1 Å². The molecular formula is C29H22ClFN6O. The SMILES string of the molecule is CC(=O)Nc1ccc(Cl)cc1-c1ccc(-n2c(=N)n(Cc3cccc4[nH]cnc34)c3ccc(F)cc32)cc1. The highest BCUT2D eigenvalue weighted by molar-refractivity contribution is 6.31. The second-order valence-electron chi connectivity index (χ2n) is 9.01. The molecule has 4 aromatic carbocycles. The maximum absolute atomic E-state index is 14.4. The zero-order chi connectivity index (χ0) is 26.4. The summed E-state index contributed by atoms with van der Waals surface area (Å²) in [6, 6.07) is 23.2. The molecule has 2 aromatic heterocycles. The van der Waals surface area contributed by atoms with Gasteiger partial charge in [0.05, 0.1) is 34.9 Å². The first-order valence-electron chi connectivity index (χ1n) is 11.9. The van der Waals surface area contributed by atoms with E-state index in [0.29, 0.717) is 28.5 Å². The third-order valence-corrected chi connectivity index (χ3v) is 6.76. The molecule has 188 valence electrons. The van der Waals surface area contributed by atoms with E-state index in [2.05, 4.69) is 15.3 Å². The number of para-hydroxylation sites is 1. The second kappa shape index (κ2) is 9.32. The molecule has 0 unspecified atom stereocenters. The Morgan fingerprint density at radius 3 is 2.66 bits per heavy atom. The molecule has 0 saturated heterocycles. The number of rotatable bonds is 5. The molecule has 1 amide bonds. The number of imidazole rings is 2. The summed E-state index contributed by atoms with van der Waals surface area (Å²) in [6.45, 7) is 1.85. The molecule has 0 atom stereocenters. The molecule has 0 aliphatic heterocycles. The smallest absolute Gasteiger partial charge is 0.221 e. The Kier molecular flexibility index (Phi) is 5.81. The topological polar surface area (TPSA) is 91.5 Å². The van der Waals surface area contributed by atoms with Gasteiger partial charge in [-0.3, -0.25) is 14.8 Å². The van der Waals surface area contributed by atoms with Gasteiger partial charge in [-0.1, -0.05) is 35.9 Å². The molecule has 9 heteroatoms. The van der Waals surface area contributed by atoms with E-state index in [0.717, 1.165) is 33.2 Å². The number of amides is 1. The number of halogens is 2. The van der Waals surface area contributed by atoms with Crippen molar-refractivity contribution in [2.75, 3.05) is 5.32 Å². The van der Waals surface area contributed by atoms with Crippen LogP contribution in [0.25, 0.3) is 38.9 Å². The summed E-state index contributed by atoms with van der Waals surface area (Å²) in [5.74, 6) is -0.562. The van der Waals surface area contributed by atoms with Crippen LogP contribution in [-0.4, -0.2) is 25.0 Å². The molecule has 0 spiro atoms. The van der Waals surface area contributed by atoms with Gasteiger partial charge < -0.3 is 14.9 Å². The van der Waals surface area contributed by atoms with E-state index in [1.807, 2.05) is 47.0 Å². The van der Waals surface area contributed by atoms with Crippen LogP contribution in [0.15, 0.2) is 85.2 Å². The number of aromatic nitrogens is 4. The van der Waals surface area contributed by atoms with Crippen LogP contribution in [0.4, 0.5) is 10.1 Å². The molecule has 0 aliphatic carbocycles. The molecule has 38 heavy (non-hydrogen) atoms. The maximum atomic E-state index is 14.4. The molecule has 0 aliphatic rings. The van der Waals surface area contributed by atoms with E-state index in [-0.39, 0.29) is 17.3 Å². The van der Waals surface area contributed by atoms with Crippen molar-refractivity contribution < 1.29 is 9.18 Å². The fourth-order valence-corrected chi connectivity index (χ4v) is 5.01. The van der Waals surface area contributed by atoms with Crippen molar-refractivity contribution in [1.29, 1.82) is 5.41 Å². The largest absolute Gasteiger partial charge is 0.345 e. The normalized spacial score (nSPS) is 11.3. The average Bonchev–Trinajstić information content (AvgIpc) is 3.48. The average molecular weight is 525 g/mol. The molecule has 0 radical (unpaired) electrons. The standard InChI is InChI=1S/C29H22ClFN6O/c1-17(38)35-24-11-7-20(30)13-23(24)18-5-9-22(10-6-18)37-27-14-21(31)8-12-26(27)36(29(37)32)15-19-3-2-4-25-28(19)34-16-33-25/h2-14,16,32H,15H2,1H3,(H,33,34)(H,35,38). The van der Waals surface area contributed by atoms with Gasteiger partial charge in [0, 0.05) is 35.0 Å². The van der Waals surface area contributed by atoms with Crippen LogP contribution in [0, 0.1) is 11.2 Å². The third kappa shape index (κ3) is 4.14. The number of fused-ring (bicyclic) bond motifs is 2. The number of nitrogens with zero attached hydrogens (tertiary/aromatic N) is 3. The number of carbonyl (C=O) groups is 1. The van der Waals surface area contributed by atoms with Crippen LogP contribution < -0.4 is 10.9 Å². The van der Waals surface area contributed by atoms with Gasteiger partial charge in [0.25, 0.3) is 0 Å². The second-order valence-corrected chi connectivity index (χ2v) is 9.45. The summed E-state index contributed by atoms with van der Waals surface area (Å²) in [5, 5.41) is 12.5. The highest BCUT2D eigenvalue weighted by Crippen LogP contribution is 2.32. The van der Waals surface area contributed by atoms with E-state index in [1.54, 1.807) is 35.2 Å².